The van der Waals surface area contributed by atoms with Gasteiger partial charge in [0.05, 0.1) is 9.40 Å². The van der Waals surface area contributed by atoms with Crippen LogP contribution >= 0.6 is 34.0 Å². The van der Waals surface area contributed by atoms with Crippen LogP contribution in [0.5, 0.6) is 0 Å². The molecule has 4 heterocycles. The topological polar surface area (TPSA) is 13.1 Å². The molecule has 4 heteroatoms. The second-order valence-electron chi connectivity index (χ2n) is 26.3. The van der Waals surface area contributed by atoms with Crippen molar-refractivity contribution in [1.82, 2.24) is 0 Å². The van der Waals surface area contributed by atoms with Gasteiger partial charge in [-0.2, -0.15) is 0 Å². The van der Waals surface area contributed by atoms with Gasteiger partial charge in [0.15, 0.2) is 0 Å². The minimum absolute atomic E-state index is 0.956. The van der Waals surface area contributed by atoms with Gasteiger partial charge in [0.2, 0.25) is 0 Å². The van der Waals surface area contributed by atoms with Crippen LogP contribution in [0.15, 0.2) is 138 Å². The van der Waals surface area contributed by atoms with E-state index in [4.69, 9.17) is 4.42 Å². The van der Waals surface area contributed by atoms with Gasteiger partial charge in [-0.15, -0.1) is 34.0 Å². The van der Waals surface area contributed by atoms with Gasteiger partial charge in [-0.25, -0.2) is 0 Å². The highest BCUT2D eigenvalue weighted by atomic mass is 32.1. The summed E-state index contributed by atoms with van der Waals surface area (Å²) in [5.41, 5.74) is 21.9. The molecule has 0 amide bonds. The summed E-state index contributed by atoms with van der Waals surface area (Å²) in [6, 6.07) is 53.7. The molecule has 0 fully saturated rings. The molecule has 0 aliphatic rings. The van der Waals surface area contributed by atoms with Crippen molar-refractivity contribution in [2.24, 2.45) is 0 Å². The SMILES string of the molecule is CCCCCCCCc1cc(-c2cc(-c3ccc4sc5cc6oc7ccccc7c6cc5c4c3)cc(-c3cc(CCCCCCCC)c(-c4ccc5c(c4)sc4c6ccc(C)cc6sc54)cc3CCCCCCCC)c2)c(CCCCCCCC)cc1C. The van der Waals surface area contributed by atoms with Gasteiger partial charge >= 0.3 is 0 Å². The highest BCUT2D eigenvalue weighted by Crippen LogP contribution is 2.48. The van der Waals surface area contributed by atoms with Gasteiger partial charge in [0.1, 0.15) is 11.2 Å². The highest BCUT2D eigenvalue weighted by molar-refractivity contribution is 7.36. The number of thiophene rings is 3. The summed E-state index contributed by atoms with van der Waals surface area (Å²) in [6.07, 6.45) is 35.6. The summed E-state index contributed by atoms with van der Waals surface area (Å²) < 4.78 is 14.8. The summed E-state index contributed by atoms with van der Waals surface area (Å²) in [7, 11) is 0. The Morgan fingerprint density at radius 2 is 0.750 bits per heavy atom. The van der Waals surface area contributed by atoms with E-state index in [2.05, 4.69) is 175 Å². The molecule has 456 valence electrons. The van der Waals surface area contributed by atoms with Crippen molar-refractivity contribution >= 4 is 106 Å². The van der Waals surface area contributed by atoms with Crippen molar-refractivity contribution in [2.75, 3.05) is 0 Å². The Bertz CT molecular complexity index is 4320. The molecule has 12 aromatic rings. The molecule has 0 saturated carbocycles. The van der Waals surface area contributed by atoms with E-state index >= 15 is 0 Å². The molecule has 12 rings (SSSR count). The van der Waals surface area contributed by atoms with Crippen LogP contribution in [0.25, 0.3) is 116 Å². The first-order valence-corrected chi connectivity index (χ1v) is 37.3. The maximum Gasteiger partial charge on any atom is 0.136 e. The Kier molecular flexibility index (Phi) is 21.0. The van der Waals surface area contributed by atoms with Gasteiger partial charge in [0, 0.05) is 51.1 Å². The quantitative estimate of drug-likeness (QED) is 0.0383. The average Bonchev–Trinajstić information content (AvgIpc) is 2.22. The van der Waals surface area contributed by atoms with Crippen LogP contribution in [0.3, 0.4) is 0 Å². The predicted molar refractivity (Wildman–Crippen MR) is 394 cm³/mol. The number of rotatable bonds is 32. The zero-order valence-electron chi connectivity index (χ0n) is 54.1. The lowest BCUT2D eigenvalue weighted by Crippen LogP contribution is -2.00. The van der Waals surface area contributed by atoms with E-state index in [1.54, 1.807) is 0 Å². The van der Waals surface area contributed by atoms with Crippen LogP contribution in [-0.2, 0) is 25.7 Å². The van der Waals surface area contributed by atoms with E-state index < -0.39 is 0 Å². The number of aryl methyl sites for hydroxylation is 6. The third kappa shape index (κ3) is 14.1. The average molecular weight is 1220 g/mol. The van der Waals surface area contributed by atoms with E-state index in [1.165, 1.54) is 293 Å². The van der Waals surface area contributed by atoms with Crippen LogP contribution in [0.4, 0.5) is 0 Å². The van der Waals surface area contributed by atoms with Crippen molar-refractivity contribution < 1.29 is 4.42 Å². The first-order valence-electron chi connectivity index (χ1n) is 34.9. The third-order valence-corrected chi connectivity index (χ3v) is 23.1. The molecule has 0 aliphatic heterocycles. The van der Waals surface area contributed by atoms with Crippen LogP contribution in [0, 0.1) is 13.8 Å². The zero-order valence-corrected chi connectivity index (χ0v) is 56.6. The third-order valence-electron chi connectivity index (χ3n) is 19.5. The molecular weight excluding hydrogens is 1120 g/mol. The number of para-hydroxylation sites is 1. The molecule has 0 spiro atoms. The van der Waals surface area contributed by atoms with Gasteiger partial charge in [-0.1, -0.05) is 229 Å². The Labute approximate surface area is 539 Å². The lowest BCUT2D eigenvalue weighted by molar-refractivity contribution is 0.605. The van der Waals surface area contributed by atoms with Crippen molar-refractivity contribution in [3.05, 3.63) is 167 Å². The molecule has 0 aliphatic carbocycles. The maximum absolute atomic E-state index is 6.46. The normalized spacial score (nSPS) is 12.1. The summed E-state index contributed by atoms with van der Waals surface area (Å²) in [5.74, 6) is 0. The lowest BCUT2D eigenvalue weighted by Gasteiger charge is -2.21. The van der Waals surface area contributed by atoms with Gasteiger partial charge in [-0.05, 0) is 204 Å². The molecule has 0 atom stereocenters. The molecule has 0 saturated heterocycles. The first kappa shape index (κ1) is 62.2. The van der Waals surface area contributed by atoms with Crippen LogP contribution < -0.4 is 0 Å². The number of furan rings is 1. The molecule has 0 unspecified atom stereocenters. The van der Waals surface area contributed by atoms with Crippen molar-refractivity contribution in [2.45, 2.75) is 221 Å². The molecule has 1 nitrogen and oxygen atoms in total. The number of benzene rings is 8. The fraction of sp³-hybridized carbons (Fsp3) is 0.405. The summed E-state index contributed by atoms with van der Waals surface area (Å²) in [5, 5.41) is 7.85. The summed E-state index contributed by atoms with van der Waals surface area (Å²) >= 11 is 5.87. The number of fused-ring (bicyclic) bond motifs is 11. The number of unbranched alkanes of at least 4 members (excludes halogenated alkanes) is 20. The summed E-state index contributed by atoms with van der Waals surface area (Å²) in [4.78, 5) is 0. The van der Waals surface area contributed by atoms with E-state index in [9.17, 15) is 0 Å². The molecular formula is C84H96OS3. The zero-order chi connectivity index (χ0) is 60.3. The highest BCUT2D eigenvalue weighted by Gasteiger charge is 2.21. The largest absolute Gasteiger partial charge is 0.456 e. The summed E-state index contributed by atoms with van der Waals surface area (Å²) in [6.45, 7) is 14.0. The number of hydrogen-bond donors (Lipinski definition) is 0. The second kappa shape index (κ2) is 29.7. The lowest BCUT2D eigenvalue weighted by atomic mass is 9.84. The van der Waals surface area contributed by atoms with Crippen molar-refractivity contribution in [3.63, 3.8) is 0 Å². The smallest absolute Gasteiger partial charge is 0.136 e. The Morgan fingerprint density at radius 1 is 0.284 bits per heavy atom. The monoisotopic (exact) mass is 1220 g/mol. The minimum atomic E-state index is 0.956. The molecule has 8 aromatic carbocycles. The van der Waals surface area contributed by atoms with E-state index in [0.29, 0.717) is 0 Å². The van der Waals surface area contributed by atoms with E-state index in [1.807, 2.05) is 34.0 Å². The first-order chi connectivity index (χ1) is 43.3. The molecule has 0 radical (unpaired) electrons. The van der Waals surface area contributed by atoms with Crippen LogP contribution in [0.1, 0.15) is 215 Å². The standard InChI is InChI=1S/C84H96OS3/c1-7-11-15-19-23-27-33-59-50-72(61(46-58(59)6)34-28-24-20-16-12-8-2)66-47-65(60-41-44-79-75(51-60)76-55-74-68-37-31-32-38-77(68)85-78(74)56-82(76)86-79)48-67(49-66)73-53-62(35-29-25-21-17-13-9-3)71(52-63(73)36-30-26-22-18-14-10-4)64-40-43-70-81(54-64)88-83-69-42-39-57(5)45-80(69)87-84(70)83/h31-32,37-56H,7-30,33-36H2,1-6H3. The predicted octanol–water partition coefficient (Wildman–Crippen LogP) is 28.4. The Hall–Kier alpha value is -6.04. The van der Waals surface area contributed by atoms with E-state index in [0.717, 1.165) is 36.8 Å². The fourth-order valence-electron chi connectivity index (χ4n) is 14.4. The minimum Gasteiger partial charge on any atom is -0.456 e. The van der Waals surface area contributed by atoms with Crippen LogP contribution in [-0.4, -0.2) is 0 Å². The Morgan fingerprint density at radius 3 is 1.35 bits per heavy atom. The molecule has 4 aromatic heterocycles. The second-order valence-corrected chi connectivity index (χ2v) is 29.5. The van der Waals surface area contributed by atoms with Gasteiger partial charge < -0.3 is 4.42 Å². The molecule has 88 heavy (non-hydrogen) atoms. The fourth-order valence-corrected chi connectivity index (χ4v) is 18.3. The van der Waals surface area contributed by atoms with E-state index in [-0.39, 0.29) is 0 Å². The number of hydrogen-bond acceptors (Lipinski definition) is 4. The van der Waals surface area contributed by atoms with Crippen LogP contribution in [0.2, 0.25) is 0 Å². The maximum atomic E-state index is 6.46. The van der Waals surface area contributed by atoms with Gasteiger partial charge in [0.25, 0.3) is 0 Å². The van der Waals surface area contributed by atoms with Crippen molar-refractivity contribution in [3.8, 4) is 44.5 Å². The Balaban J connectivity index is 1.03. The van der Waals surface area contributed by atoms with Crippen molar-refractivity contribution in [1.29, 1.82) is 0 Å². The molecule has 0 N–H and O–H groups in total. The van der Waals surface area contributed by atoms with Gasteiger partial charge in [-0.3, -0.25) is 0 Å². The molecule has 0 bridgehead atoms.